The van der Waals surface area contributed by atoms with Gasteiger partial charge in [-0.05, 0) is 49.4 Å². The molecule has 0 unspecified atom stereocenters. The number of aromatic nitrogens is 1. The van der Waals surface area contributed by atoms with E-state index in [1.54, 1.807) is 26.0 Å². The van der Waals surface area contributed by atoms with Crippen LogP contribution in [0.4, 0.5) is 0 Å². The Kier molecular flexibility index (Phi) is 5.47. The summed E-state index contributed by atoms with van der Waals surface area (Å²) in [6.07, 6.45) is 7.00. The van der Waals surface area contributed by atoms with Crippen LogP contribution in [0.25, 0.3) is 5.57 Å². The summed E-state index contributed by atoms with van der Waals surface area (Å²) < 4.78 is 24.1. The van der Waals surface area contributed by atoms with Crippen LogP contribution in [0.5, 0.6) is 0 Å². The third-order valence-corrected chi connectivity index (χ3v) is 6.85. The molecule has 1 aliphatic carbocycles. The van der Waals surface area contributed by atoms with E-state index in [4.69, 9.17) is 0 Å². The first-order valence-corrected chi connectivity index (χ1v) is 10.8. The van der Waals surface area contributed by atoms with E-state index in [1.807, 2.05) is 24.3 Å². The van der Waals surface area contributed by atoms with E-state index < -0.39 is 9.84 Å². The normalized spacial score (nSPS) is 16.2. The molecule has 0 saturated heterocycles. The van der Waals surface area contributed by atoms with Crippen molar-refractivity contribution in [2.45, 2.75) is 44.4 Å². The van der Waals surface area contributed by atoms with Gasteiger partial charge in [0.1, 0.15) is 0 Å². The smallest absolute Gasteiger partial charge is 0.251 e. The topological polar surface area (TPSA) is 67.0 Å². The summed E-state index contributed by atoms with van der Waals surface area (Å²) in [5.41, 5.74) is 3.25. The second kappa shape index (κ2) is 7.62. The van der Waals surface area contributed by atoms with Crippen LogP contribution in [-0.4, -0.2) is 19.2 Å². The zero-order valence-electron chi connectivity index (χ0n) is 15.3. The van der Waals surface area contributed by atoms with E-state index in [-0.39, 0.29) is 11.3 Å². The molecule has 0 atom stereocenters. The lowest BCUT2D eigenvalue weighted by molar-refractivity contribution is 0.597. The lowest BCUT2D eigenvalue weighted by atomic mass is 9.96. The molecule has 4 nitrogen and oxygen atoms in total. The van der Waals surface area contributed by atoms with Gasteiger partial charge in [0.25, 0.3) is 5.56 Å². The number of hydrogen-bond donors (Lipinski definition) is 1. The summed E-state index contributed by atoms with van der Waals surface area (Å²) in [6.45, 7) is 3.43. The zero-order valence-corrected chi connectivity index (χ0v) is 16.1. The molecule has 0 aliphatic heterocycles. The van der Waals surface area contributed by atoms with E-state index in [0.29, 0.717) is 16.4 Å². The van der Waals surface area contributed by atoms with Crippen molar-refractivity contribution >= 4 is 15.4 Å². The Labute approximate surface area is 154 Å². The standard InChI is InChI=1S/C21H25NO3S/c1-3-26(24,25)18-11-9-17(10-12-18)19(14-16-6-4-5-7-16)20-13-8-15(2)21(23)22-20/h8-14,16H,3-7H2,1-2H3,(H,22,23)/b19-14-. The maximum atomic E-state index is 12.1. The highest BCUT2D eigenvalue weighted by molar-refractivity contribution is 7.91. The highest BCUT2D eigenvalue weighted by Crippen LogP contribution is 2.31. The van der Waals surface area contributed by atoms with Crippen molar-refractivity contribution in [3.05, 3.63) is 69.6 Å². The Hall–Kier alpha value is -2.14. The van der Waals surface area contributed by atoms with Crippen molar-refractivity contribution < 1.29 is 8.42 Å². The molecule has 0 spiro atoms. The Bertz CT molecular complexity index is 963. The molecule has 1 aromatic heterocycles. The molecule has 1 N–H and O–H groups in total. The molecule has 1 saturated carbocycles. The number of aromatic amines is 1. The third kappa shape index (κ3) is 3.98. The molecule has 1 aromatic carbocycles. The quantitative estimate of drug-likeness (QED) is 0.860. The van der Waals surface area contributed by atoms with Crippen LogP contribution < -0.4 is 5.56 Å². The Morgan fingerprint density at radius 3 is 2.35 bits per heavy atom. The number of rotatable bonds is 5. The van der Waals surface area contributed by atoms with Gasteiger partial charge in [0.2, 0.25) is 0 Å². The van der Waals surface area contributed by atoms with Crippen LogP contribution in [0.1, 0.15) is 49.4 Å². The van der Waals surface area contributed by atoms with Crippen molar-refractivity contribution in [2.24, 2.45) is 5.92 Å². The molecule has 138 valence electrons. The molecule has 1 heterocycles. The summed E-state index contributed by atoms with van der Waals surface area (Å²) in [6, 6.07) is 10.7. The van der Waals surface area contributed by atoms with Gasteiger partial charge in [-0.1, -0.05) is 44.0 Å². The van der Waals surface area contributed by atoms with Crippen molar-refractivity contribution in [2.75, 3.05) is 5.75 Å². The SMILES string of the molecule is CCS(=O)(=O)c1ccc(/C(=C/C2CCCC2)c2ccc(C)c(=O)[nH]2)cc1. The number of allylic oxidation sites excluding steroid dienone is 1. The largest absolute Gasteiger partial charge is 0.322 e. The number of hydrogen-bond acceptors (Lipinski definition) is 3. The summed E-state index contributed by atoms with van der Waals surface area (Å²) in [5.74, 6) is 0.580. The Morgan fingerprint density at radius 1 is 1.12 bits per heavy atom. The minimum atomic E-state index is -3.22. The minimum absolute atomic E-state index is 0.0857. The fraction of sp³-hybridized carbons (Fsp3) is 0.381. The first-order chi connectivity index (χ1) is 12.4. The average molecular weight is 372 g/mol. The first-order valence-electron chi connectivity index (χ1n) is 9.16. The second-order valence-electron chi connectivity index (χ2n) is 6.94. The molecular formula is C21H25NO3S. The maximum absolute atomic E-state index is 12.1. The number of sulfone groups is 1. The van der Waals surface area contributed by atoms with E-state index in [0.717, 1.165) is 29.7 Å². The van der Waals surface area contributed by atoms with E-state index in [1.165, 1.54) is 12.8 Å². The second-order valence-corrected chi connectivity index (χ2v) is 9.22. The summed E-state index contributed by atoms with van der Waals surface area (Å²) in [7, 11) is -3.22. The molecule has 5 heteroatoms. The van der Waals surface area contributed by atoms with Gasteiger partial charge in [-0.15, -0.1) is 0 Å². The molecule has 0 bridgehead atoms. The van der Waals surface area contributed by atoms with Crippen molar-refractivity contribution in [3.63, 3.8) is 0 Å². The summed E-state index contributed by atoms with van der Waals surface area (Å²) in [5, 5.41) is 0. The third-order valence-electron chi connectivity index (χ3n) is 5.10. The van der Waals surface area contributed by atoms with Crippen molar-refractivity contribution in [1.29, 1.82) is 0 Å². The highest BCUT2D eigenvalue weighted by Gasteiger charge is 2.17. The molecule has 26 heavy (non-hydrogen) atoms. The van der Waals surface area contributed by atoms with Crippen LogP contribution in [0.3, 0.4) is 0 Å². The fourth-order valence-corrected chi connectivity index (χ4v) is 4.30. The zero-order chi connectivity index (χ0) is 18.7. The monoisotopic (exact) mass is 371 g/mol. The molecule has 1 fully saturated rings. The van der Waals surface area contributed by atoms with Crippen LogP contribution in [-0.2, 0) is 9.84 Å². The van der Waals surface area contributed by atoms with E-state index in [9.17, 15) is 13.2 Å². The van der Waals surface area contributed by atoms with Crippen LogP contribution in [0, 0.1) is 12.8 Å². The Morgan fingerprint density at radius 2 is 1.77 bits per heavy atom. The lowest BCUT2D eigenvalue weighted by Gasteiger charge is -2.13. The van der Waals surface area contributed by atoms with Gasteiger partial charge >= 0.3 is 0 Å². The van der Waals surface area contributed by atoms with Gasteiger partial charge in [-0.3, -0.25) is 4.79 Å². The van der Waals surface area contributed by atoms with Crippen molar-refractivity contribution in [3.8, 4) is 0 Å². The fourth-order valence-electron chi connectivity index (χ4n) is 3.41. The van der Waals surface area contributed by atoms with Gasteiger partial charge in [-0.25, -0.2) is 8.42 Å². The maximum Gasteiger partial charge on any atom is 0.251 e. The molecule has 3 rings (SSSR count). The summed E-state index contributed by atoms with van der Waals surface area (Å²) in [4.78, 5) is 15.4. The molecule has 2 aromatic rings. The van der Waals surface area contributed by atoms with Gasteiger partial charge in [0, 0.05) is 16.8 Å². The number of benzene rings is 1. The predicted molar refractivity (Wildman–Crippen MR) is 105 cm³/mol. The van der Waals surface area contributed by atoms with Gasteiger partial charge in [-0.2, -0.15) is 0 Å². The molecule has 0 radical (unpaired) electrons. The van der Waals surface area contributed by atoms with Crippen LogP contribution in [0.2, 0.25) is 0 Å². The first kappa shape index (κ1) is 18.6. The van der Waals surface area contributed by atoms with E-state index >= 15 is 0 Å². The number of H-pyrrole nitrogens is 1. The van der Waals surface area contributed by atoms with Crippen molar-refractivity contribution in [1.82, 2.24) is 4.98 Å². The average Bonchev–Trinajstić information content (AvgIpc) is 3.15. The number of pyridine rings is 1. The summed E-state index contributed by atoms with van der Waals surface area (Å²) >= 11 is 0. The predicted octanol–water partition coefficient (Wildman–Crippen LogP) is 4.10. The highest BCUT2D eigenvalue weighted by atomic mass is 32.2. The van der Waals surface area contributed by atoms with Gasteiger partial charge in [0.05, 0.1) is 10.6 Å². The molecule has 1 aliphatic rings. The molecule has 0 amide bonds. The number of nitrogens with one attached hydrogen (secondary N) is 1. The van der Waals surface area contributed by atoms with Gasteiger partial charge < -0.3 is 4.98 Å². The van der Waals surface area contributed by atoms with Gasteiger partial charge in [0.15, 0.2) is 9.84 Å². The lowest BCUT2D eigenvalue weighted by Crippen LogP contribution is -2.11. The Balaban J connectivity index is 2.05. The minimum Gasteiger partial charge on any atom is -0.322 e. The van der Waals surface area contributed by atoms with Crippen LogP contribution >= 0.6 is 0 Å². The number of aryl methyl sites for hydroxylation is 1. The van der Waals surface area contributed by atoms with E-state index in [2.05, 4.69) is 11.1 Å². The molecular weight excluding hydrogens is 346 g/mol. The van der Waals surface area contributed by atoms with Crippen LogP contribution in [0.15, 0.2) is 52.2 Å².